The Morgan fingerprint density at radius 3 is 2.76 bits per heavy atom. The Kier molecular flexibility index (Phi) is 5.41. The smallest absolute Gasteiger partial charge is 0.295 e. The van der Waals surface area contributed by atoms with Gasteiger partial charge >= 0.3 is 0 Å². The van der Waals surface area contributed by atoms with Crippen LogP contribution in [0.2, 0.25) is 0 Å². The van der Waals surface area contributed by atoms with Gasteiger partial charge in [-0.05, 0) is 47.5 Å². The van der Waals surface area contributed by atoms with Crippen molar-refractivity contribution in [3.05, 3.63) is 89.3 Å². The molecule has 1 unspecified atom stereocenters. The molecule has 3 heterocycles. The fraction of sp³-hybridized carbons (Fsp3) is 0.192. The van der Waals surface area contributed by atoms with E-state index in [0.717, 1.165) is 11.3 Å². The van der Waals surface area contributed by atoms with E-state index >= 15 is 0 Å². The van der Waals surface area contributed by atoms with Crippen LogP contribution in [0.25, 0.3) is 5.76 Å². The number of phenolic OH excluding ortho intramolecular Hbond substituents is 1. The van der Waals surface area contributed by atoms with E-state index in [-0.39, 0.29) is 23.6 Å². The van der Waals surface area contributed by atoms with E-state index in [4.69, 9.17) is 4.74 Å². The average Bonchev–Trinajstić information content (AvgIpc) is 3.09. The Morgan fingerprint density at radius 2 is 2.00 bits per heavy atom. The topological polar surface area (TPSA) is 103 Å². The fourth-order valence-corrected chi connectivity index (χ4v) is 4.43. The number of ether oxygens (including phenoxy) is 1. The lowest BCUT2D eigenvalue weighted by molar-refractivity contribution is -0.140. The van der Waals surface area contributed by atoms with E-state index in [1.807, 2.05) is 18.0 Å². The molecule has 1 saturated heterocycles. The van der Waals surface area contributed by atoms with Gasteiger partial charge in [0.1, 0.15) is 23.9 Å². The second-order valence-corrected chi connectivity index (χ2v) is 8.34. The molecular formula is C26H23N3O5. The number of nitrogens with zero attached hydrogens (tertiary/aromatic N) is 3. The number of rotatable bonds is 4. The maximum Gasteiger partial charge on any atom is 0.295 e. The van der Waals surface area contributed by atoms with Crippen molar-refractivity contribution in [2.45, 2.75) is 12.6 Å². The minimum Gasteiger partial charge on any atom is -0.508 e. The lowest BCUT2D eigenvalue weighted by Crippen LogP contribution is -2.29. The second kappa shape index (κ2) is 8.55. The number of aliphatic hydroxyl groups is 1. The number of aliphatic hydroxyl groups excluding tert-OH is 1. The second-order valence-electron chi connectivity index (χ2n) is 8.34. The lowest BCUT2D eigenvalue weighted by atomic mass is 9.94. The number of likely N-dealkylation sites (tertiary alicyclic amines) is 1. The number of aromatic nitrogens is 1. The third-order valence-corrected chi connectivity index (χ3v) is 6.13. The zero-order valence-electron chi connectivity index (χ0n) is 18.5. The van der Waals surface area contributed by atoms with Gasteiger partial charge in [-0.3, -0.25) is 14.6 Å². The maximum absolute atomic E-state index is 13.2. The van der Waals surface area contributed by atoms with Crippen molar-refractivity contribution >= 4 is 23.1 Å². The van der Waals surface area contributed by atoms with E-state index in [0.29, 0.717) is 30.0 Å². The van der Waals surface area contributed by atoms with E-state index in [1.54, 1.807) is 48.8 Å². The summed E-state index contributed by atoms with van der Waals surface area (Å²) >= 11 is 0. The van der Waals surface area contributed by atoms with E-state index in [1.165, 1.54) is 17.0 Å². The van der Waals surface area contributed by atoms with Gasteiger partial charge in [-0.2, -0.15) is 0 Å². The van der Waals surface area contributed by atoms with Crippen molar-refractivity contribution in [1.82, 2.24) is 9.88 Å². The van der Waals surface area contributed by atoms with Crippen molar-refractivity contribution in [2.75, 3.05) is 25.1 Å². The summed E-state index contributed by atoms with van der Waals surface area (Å²) in [6, 6.07) is 14.2. The van der Waals surface area contributed by atoms with Crippen LogP contribution < -0.4 is 9.64 Å². The highest BCUT2D eigenvalue weighted by Crippen LogP contribution is 2.42. The zero-order valence-corrected chi connectivity index (χ0v) is 18.5. The molecule has 1 amide bonds. The van der Waals surface area contributed by atoms with E-state index in [9.17, 15) is 19.8 Å². The fourth-order valence-electron chi connectivity index (χ4n) is 4.43. The van der Waals surface area contributed by atoms with Gasteiger partial charge in [0.15, 0.2) is 0 Å². The van der Waals surface area contributed by atoms with Crippen LogP contribution >= 0.6 is 0 Å². The van der Waals surface area contributed by atoms with E-state index < -0.39 is 17.7 Å². The first kappa shape index (κ1) is 21.5. The number of Topliss-reactive ketones (excluding diaryl/α,β-unsaturated/α-hetero) is 1. The van der Waals surface area contributed by atoms with Crippen molar-refractivity contribution in [2.24, 2.45) is 0 Å². The van der Waals surface area contributed by atoms with Gasteiger partial charge in [-0.25, -0.2) is 0 Å². The maximum atomic E-state index is 13.2. The first-order valence-corrected chi connectivity index (χ1v) is 10.9. The molecule has 1 atom stereocenters. The van der Waals surface area contributed by atoms with Crippen LogP contribution in [0.1, 0.15) is 22.7 Å². The summed E-state index contributed by atoms with van der Waals surface area (Å²) in [6.45, 7) is 1.37. The molecule has 5 rings (SSSR count). The first-order chi connectivity index (χ1) is 16.4. The third kappa shape index (κ3) is 3.73. The Bertz CT molecular complexity index is 1300. The number of carbonyl (C=O) groups excluding carboxylic acids is 2. The Labute approximate surface area is 196 Å². The molecule has 2 aliphatic heterocycles. The Balaban J connectivity index is 1.65. The first-order valence-electron chi connectivity index (χ1n) is 10.9. The van der Waals surface area contributed by atoms with E-state index in [2.05, 4.69) is 4.98 Å². The van der Waals surface area contributed by atoms with Crippen molar-refractivity contribution in [1.29, 1.82) is 0 Å². The molecule has 2 aliphatic rings. The number of hydrogen-bond donors (Lipinski definition) is 2. The van der Waals surface area contributed by atoms with Crippen LogP contribution in [0.15, 0.2) is 72.6 Å². The summed E-state index contributed by atoms with van der Waals surface area (Å²) in [5.74, 6) is -1.10. The largest absolute Gasteiger partial charge is 0.508 e. The van der Waals surface area contributed by atoms with Crippen LogP contribution in [0.4, 0.5) is 5.69 Å². The molecule has 0 bridgehead atoms. The molecule has 34 heavy (non-hydrogen) atoms. The number of pyridine rings is 1. The number of aromatic hydroxyl groups is 1. The average molecular weight is 457 g/mol. The number of fused-ring (bicyclic) bond motifs is 1. The Morgan fingerprint density at radius 1 is 1.15 bits per heavy atom. The predicted octanol–water partition coefficient (Wildman–Crippen LogP) is 3.24. The van der Waals surface area contributed by atoms with Gasteiger partial charge in [0.25, 0.3) is 11.7 Å². The van der Waals surface area contributed by atoms with Crippen LogP contribution in [-0.2, 0) is 16.1 Å². The SMILES string of the molecule is CN1CCOc2ccc(/C(O)=C3/C(=O)C(=O)N(Cc4cccnc4)C3c3cccc(O)c3)cc21. The summed E-state index contributed by atoms with van der Waals surface area (Å²) in [5.41, 5.74) is 2.42. The van der Waals surface area contributed by atoms with Gasteiger partial charge in [-0.15, -0.1) is 0 Å². The highest BCUT2D eigenvalue weighted by atomic mass is 16.5. The number of ketones is 1. The lowest BCUT2D eigenvalue weighted by Gasteiger charge is -2.28. The molecule has 0 saturated carbocycles. The molecule has 1 aromatic heterocycles. The predicted molar refractivity (Wildman–Crippen MR) is 125 cm³/mol. The molecule has 3 aromatic rings. The van der Waals surface area contributed by atoms with Crippen LogP contribution in [0, 0.1) is 0 Å². The molecule has 0 spiro atoms. The molecule has 8 nitrogen and oxygen atoms in total. The number of benzene rings is 2. The molecule has 172 valence electrons. The van der Waals surface area contributed by atoms with Crippen molar-refractivity contribution in [3.8, 4) is 11.5 Å². The third-order valence-electron chi connectivity index (χ3n) is 6.13. The highest BCUT2D eigenvalue weighted by molar-refractivity contribution is 6.46. The number of hydrogen-bond acceptors (Lipinski definition) is 7. The van der Waals surface area contributed by atoms with Gasteiger partial charge in [0.05, 0.1) is 23.8 Å². The number of likely N-dealkylation sites (N-methyl/N-ethyl adjacent to an activating group) is 1. The molecule has 2 N–H and O–H groups in total. The molecule has 2 aromatic carbocycles. The number of anilines is 1. The minimum atomic E-state index is -0.877. The van der Waals surface area contributed by atoms with Crippen molar-refractivity contribution in [3.63, 3.8) is 0 Å². The highest BCUT2D eigenvalue weighted by Gasteiger charge is 2.46. The van der Waals surface area contributed by atoms with Gasteiger partial charge in [0, 0.05) is 31.5 Å². The number of carbonyl (C=O) groups is 2. The van der Waals surface area contributed by atoms with Crippen LogP contribution in [0.5, 0.6) is 11.5 Å². The normalized spacial score (nSPS) is 19.1. The van der Waals surface area contributed by atoms with Crippen LogP contribution in [-0.4, -0.2) is 52.0 Å². The van der Waals surface area contributed by atoms with Gasteiger partial charge in [-0.1, -0.05) is 18.2 Å². The molecule has 1 fully saturated rings. The number of phenols is 1. The standard InChI is InChI=1S/C26H23N3O5/c1-28-10-11-34-21-8-7-18(13-20(21)28)24(31)22-23(17-5-2-6-19(30)12-17)29(26(33)25(22)32)15-16-4-3-9-27-14-16/h2-9,12-14,23,30-31H,10-11,15H2,1H3/b24-22-. The van der Waals surface area contributed by atoms with Crippen LogP contribution in [0.3, 0.4) is 0 Å². The summed E-state index contributed by atoms with van der Waals surface area (Å²) in [6.07, 6.45) is 3.25. The van der Waals surface area contributed by atoms with Gasteiger partial charge in [0.2, 0.25) is 0 Å². The zero-order chi connectivity index (χ0) is 23.8. The molecule has 0 radical (unpaired) electrons. The quantitative estimate of drug-likeness (QED) is 0.352. The minimum absolute atomic E-state index is 0.00276. The summed E-state index contributed by atoms with van der Waals surface area (Å²) < 4.78 is 5.68. The number of amides is 1. The summed E-state index contributed by atoms with van der Waals surface area (Å²) in [7, 11) is 1.92. The molecular weight excluding hydrogens is 434 g/mol. The molecule has 0 aliphatic carbocycles. The molecule has 8 heteroatoms. The monoisotopic (exact) mass is 457 g/mol. The van der Waals surface area contributed by atoms with Crippen molar-refractivity contribution < 1.29 is 24.5 Å². The summed E-state index contributed by atoms with van der Waals surface area (Å²) in [4.78, 5) is 33.8. The van der Waals surface area contributed by atoms with Gasteiger partial charge < -0.3 is 24.7 Å². The summed E-state index contributed by atoms with van der Waals surface area (Å²) in [5, 5.41) is 21.4. The Hall–Kier alpha value is -4.33.